The molecule has 6 N–H and O–H groups in total. The highest BCUT2D eigenvalue weighted by atomic mass is 16.7. The molecule has 1 rings (SSSR count). The Balaban J connectivity index is 2.53. The Morgan fingerprint density at radius 2 is 0.775 bits per heavy atom. The molecule has 11 nitrogen and oxygen atoms in total. The molecule has 1 fully saturated rings. The van der Waals surface area contributed by atoms with Gasteiger partial charge in [0.1, 0.15) is 24.4 Å². The molecule has 8 unspecified atom stereocenters. The summed E-state index contributed by atoms with van der Waals surface area (Å²) in [5, 5.41) is 57.4. The molecule has 0 radical (unpaired) electrons. The summed E-state index contributed by atoms with van der Waals surface area (Å²) in [6, 6.07) is -1.03. The van der Waals surface area contributed by atoms with Crippen LogP contribution in [0.2, 0.25) is 0 Å². The van der Waals surface area contributed by atoms with Gasteiger partial charge in [-0.05, 0) is 89.9 Å². The lowest BCUT2D eigenvalue weighted by Gasteiger charge is -2.41. The summed E-state index contributed by atoms with van der Waals surface area (Å²) >= 11 is 0. The molecule has 1 aliphatic rings. The minimum Gasteiger partial charge on any atom is -0.454 e. The van der Waals surface area contributed by atoms with Crippen LogP contribution in [-0.4, -0.2) is 99.6 Å². The predicted octanol–water partition coefficient (Wildman–Crippen LogP) is 20.1. The van der Waals surface area contributed by atoms with E-state index in [1.165, 1.54) is 244 Å². The van der Waals surface area contributed by atoms with Crippen LogP contribution in [-0.2, 0) is 23.8 Å². The van der Waals surface area contributed by atoms with E-state index >= 15 is 0 Å². The molecule has 0 spiro atoms. The van der Waals surface area contributed by atoms with Crippen LogP contribution < -0.4 is 5.32 Å². The Morgan fingerprint density at radius 3 is 1.19 bits per heavy atom. The van der Waals surface area contributed by atoms with E-state index in [9.17, 15) is 35.1 Å². The first-order valence-corrected chi connectivity index (χ1v) is 38.1. The van der Waals surface area contributed by atoms with Crippen LogP contribution in [0.4, 0.5) is 0 Å². The number of carbonyl (C=O) groups is 2. The highest BCUT2D eigenvalue weighted by Gasteiger charge is 2.47. The van der Waals surface area contributed by atoms with Crippen molar-refractivity contribution < 1.29 is 49.3 Å². The highest BCUT2D eigenvalue weighted by Crippen LogP contribution is 2.26. The minimum absolute atomic E-state index is 0.123. The SMILES string of the molecule is CCCCC/C=C\C/C=C\C/C=C\CCCCCCCCCCCCCCCCC(=O)OC1C(OCC(NC(=O)C(O)CCCCCCCCCCCC/C=C/CCCCCCCC)C(O)/C=C/CCCCCCCCCCCCC)OC(CO)C(O)C1O. The summed E-state index contributed by atoms with van der Waals surface area (Å²) in [5.74, 6) is -1.18. The quantitative estimate of drug-likeness (QED) is 0.0195. The Labute approximate surface area is 548 Å². The second-order valence-electron chi connectivity index (χ2n) is 26.4. The molecular weight excluding hydrogens is 1110 g/mol. The third-order valence-electron chi connectivity index (χ3n) is 17.9. The molecule has 0 aliphatic carbocycles. The first-order chi connectivity index (χ1) is 43.7. The third-order valence-corrected chi connectivity index (χ3v) is 17.9. The van der Waals surface area contributed by atoms with Crippen LogP contribution in [0.1, 0.15) is 361 Å². The van der Waals surface area contributed by atoms with Gasteiger partial charge in [0.15, 0.2) is 12.4 Å². The maximum Gasteiger partial charge on any atom is 0.306 e. The smallest absolute Gasteiger partial charge is 0.306 e. The first-order valence-electron chi connectivity index (χ1n) is 38.1. The van der Waals surface area contributed by atoms with E-state index in [1.54, 1.807) is 6.08 Å². The lowest BCUT2D eigenvalue weighted by Crippen LogP contribution is -2.61. The number of amides is 1. The fourth-order valence-corrected chi connectivity index (χ4v) is 11.9. The van der Waals surface area contributed by atoms with E-state index in [-0.39, 0.29) is 13.0 Å². The van der Waals surface area contributed by atoms with E-state index in [4.69, 9.17) is 14.2 Å². The van der Waals surface area contributed by atoms with Crippen molar-refractivity contribution in [1.82, 2.24) is 5.32 Å². The molecule has 1 amide bonds. The monoisotopic (exact) mass is 1250 g/mol. The Morgan fingerprint density at radius 1 is 0.438 bits per heavy atom. The molecule has 0 aromatic heterocycles. The summed E-state index contributed by atoms with van der Waals surface area (Å²) < 4.78 is 17.7. The zero-order valence-electron chi connectivity index (χ0n) is 58.1. The molecule has 11 heteroatoms. The number of hydrogen-bond acceptors (Lipinski definition) is 10. The summed E-state index contributed by atoms with van der Waals surface area (Å²) in [6.07, 6.45) is 74.0. The minimum atomic E-state index is -1.62. The van der Waals surface area contributed by atoms with Gasteiger partial charge < -0.3 is 45.1 Å². The van der Waals surface area contributed by atoms with Crippen LogP contribution >= 0.6 is 0 Å². The Kier molecular flexibility index (Phi) is 62.0. The molecule has 1 aliphatic heterocycles. The molecule has 8 atom stereocenters. The van der Waals surface area contributed by atoms with Crippen molar-refractivity contribution in [3.05, 3.63) is 60.8 Å². The van der Waals surface area contributed by atoms with Crippen molar-refractivity contribution in [3.8, 4) is 0 Å². The zero-order chi connectivity index (χ0) is 64.6. The number of ether oxygens (including phenoxy) is 3. The second kappa shape index (κ2) is 65.4. The van der Waals surface area contributed by atoms with Crippen LogP contribution in [0, 0.1) is 0 Å². The Hall–Kier alpha value is -2.64. The molecule has 0 bridgehead atoms. The van der Waals surface area contributed by atoms with E-state index in [0.29, 0.717) is 19.3 Å². The molecule has 0 aromatic carbocycles. The van der Waals surface area contributed by atoms with Crippen molar-refractivity contribution in [1.29, 1.82) is 0 Å². The van der Waals surface area contributed by atoms with Gasteiger partial charge in [0, 0.05) is 6.42 Å². The number of rotatable bonds is 66. The third kappa shape index (κ3) is 52.4. The average Bonchev–Trinajstić information content (AvgIpc) is 1.85. The van der Waals surface area contributed by atoms with Gasteiger partial charge in [-0.3, -0.25) is 9.59 Å². The summed E-state index contributed by atoms with van der Waals surface area (Å²) in [4.78, 5) is 26.7. The maximum absolute atomic E-state index is 13.5. The fourth-order valence-electron chi connectivity index (χ4n) is 11.9. The van der Waals surface area contributed by atoms with Gasteiger partial charge in [0.2, 0.25) is 5.91 Å². The van der Waals surface area contributed by atoms with Gasteiger partial charge in [-0.25, -0.2) is 0 Å². The van der Waals surface area contributed by atoms with Crippen molar-refractivity contribution in [2.45, 2.75) is 410 Å². The first kappa shape index (κ1) is 84.4. The van der Waals surface area contributed by atoms with E-state index in [0.717, 1.165) is 70.6 Å². The van der Waals surface area contributed by atoms with Gasteiger partial charge >= 0.3 is 5.97 Å². The lowest BCUT2D eigenvalue weighted by molar-refractivity contribution is -0.305. The second-order valence-corrected chi connectivity index (χ2v) is 26.4. The highest BCUT2D eigenvalue weighted by molar-refractivity contribution is 5.80. The number of aliphatic hydroxyl groups excluding tert-OH is 5. The largest absolute Gasteiger partial charge is 0.454 e. The number of nitrogens with one attached hydrogen (secondary N) is 1. The molecule has 0 saturated carbocycles. The number of carbonyl (C=O) groups excluding carboxylic acids is 2. The average molecular weight is 1250 g/mol. The van der Waals surface area contributed by atoms with Gasteiger partial charge in [-0.1, -0.05) is 326 Å². The predicted molar refractivity (Wildman–Crippen MR) is 375 cm³/mol. The molecule has 89 heavy (non-hydrogen) atoms. The molecule has 1 saturated heterocycles. The van der Waals surface area contributed by atoms with E-state index in [1.807, 2.05) is 6.08 Å². The normalized spacial score (nSPS) is 18.4. The number of hydrogen-bond donors (Lipinski definition) is 6. The van der Waals surface area contributed by atoms with Crippen LogP contribution in [0.3, 0.4) is 0 Å². The van der Waals surface area contributed by atoms with E-state index < -0.39 is 67.4 Å². The zero-order valence-corrected chi connectivity index (χ0v) is 58.1. The van der Waals surface area contributed by atoms with Crippen LogP contribution in [0.5, 0.6) is 0 Å². The van der Waals surface area contributed by atoms with Crippen molar-refractivity contribution in [2.75, 3.05) is 13.2 Å². The fraction of sp³-hybridized carbons (Fsp3) is 0.846. The van der Waals surface area contributed by atoms with Crippen molar-refractivity contribution in [2.24, 2.45) is 0 Å². The number of aliphatic hydroxyl groups is 5. The van der Waals surface area contributed by atoms with Crippen LogP contribution in [0.25, 0.3) is 0 Å². The van der Waals surface area contributed by atoms with Gasteiger partial charge in [0.25, 0.3) is 0 Å². The molecule has 520 valence electrons. The topological polar surface area (TPSA) is 175 Å². The van der Waals surface area contributed by atoms with Crippen LogP contribution in [0.15, 0.2) is 60.8 Å². The Bertz CT molecular complexity index is 1680. The molecule has 0 aromatic rings. The summed E-state index contributed by atoms with van der Waals surface area (Å²) in [7, 11) is 0. The summed E-state index contributed by atoms with van der Waals surface area (Å²) in [5.41, 5.74) is 0. The van der Waals surface area contributed by atoms with Crippen molar-refractivity contribution >= 4 is 11.9 Å². The maximum atomic E-state index is 13.5. The van der Waals surface area contributed by atoms with Gasteiger partial charge in [0.05, 0.1) is 25.4 Å². The van der Waals surface area contributed by atoms with Crippen molar-refractivity contribution in [3.63, 3.8) is 0 Å². The standard InChI is InChI=1S/C78H143NO10/c1-4-7-10-13-16-19-22-25-27-29-31-33-34-35-36-37-38-39-41-43-45-48-51-54-57-60-63-66-73(83)89-76-75(85)74(84)72(67-80)88-78(76)87-68-69(70(81)64-61-58-55-52-49-46-24-21-18-15-12-9-6-3)79-77(86)71(82)65-62-59-56-53-50-47-44-42-40-32-30-28-26-23-20-17-14-11-8-5-2/h16,19,25-28,31,33,61,64,69-72,74-76,78,80-82,84-85H,4-15,17-18,20-24,29-30,32,34-60,62-63,65-68H2,1-3H3,(H,79,86)/b19-16-,27-25-,28-26+,33-31-,64-61+. The lowest BCUT2D eigenvalue weighted by atomic mass is 9.99. The number of allylic oxidation sites excluding steroid dienone is 9. The molecule has 1 heterocycles. The van der Waals surface area contributed by atoms with E-state index in [2.05, 4.69) is 74.7 Å². The van der Waals surface area contributed by atoms with Gasteiger partial charge in [-0.2, -0.15) is 0 Å². The summed E-state index contributed by atoms with van der Waals surface area (Å²) in [6.45, 7) is 5.81. The van der Waals surface area contributed by atoms with Gasteiger partial charge in [-0.15, -0.1) is 0 Å². The molecular formula is C78H143NO10. The number of esters is 1. The number of unbranched alkanes of at least 4 members (excludes halogenated alkanes) is 44.